The summed E-state index contributed by atoms with van der Waals surface area (Å²) in [6.45, 7) is 0.441. The topological polar surface area (TPSA) is 38.3 Å². The Morgan fingerprint density at radius 1 is 1.60 bits per heavy atom. The molecule has 5 heteroatoms. The van der Waals surface area contributed by atoms with Crippen LogP contribution in [0.5, 0.6) is 5.75 Å². The Kier molecular flexibility index (Phi) is 4.55. The third-order valence-corrected chi connectivity index (χ3v) is 2.20. The third-order valence-electron chi connectivity index (χ3n) is 1.80. The molecule has 0 heterocycles. The van der Waals surface area contributed by atoms with Gasteiger partial charge in [0, 0.05) is 11.9 Å². The van der Waals surface area contributed by atoms with E-state index in [9.17, 15) is 9.18 Å². The summed E-state index contributed by atoms with van der Waals surface area (Å²) in [5.74, 6) is -0.812. The fraction of sp³-hybridized carbons (Fsp3) is 0.300. The lowest BCUT2D eigenvalue weighted by Crippen LogP contribution is -2.26. The summed E-state index contributed by atoms with van der Waals surface area (Å²) < 4.78 is 18.3. The first kappa shape index (κ1) is 12.0. The van der Waals surface area contributed by atoms with Gasteiger partial charge < -0.3 is 10.1 Å². The van der Waals surface area contributed by atoms with E-state index in [-0.39, 0.29) is 11.3 Å². The zero-order chi connectivity index (χ0) is 11.3. The third kappa shape index (κ3) is 2.92. The van der Waals surface area contributed by atoms with Crippen LogP contribution in [0.25, 0.3) is 0 Å². The van der Waals surface area contributed by atoms with E-state index >= 15 is 0 Å². The summed E-state index contributed by atoms with van der Waals surface area (Å²) in [6, 6.07) is 4.27. The number of hydrogen-bond acceptors (Lipinski definition) is 2. The summed E-state index contributed by atoms with van der Waals surface area (Å²) in [6.07, 6.45) is 0. The van der Waals surface area contributed by atoms with Crippen LogP contribution in [0.2, 0.25) is 0 Å². The van der Waals surface area contributed by atoms with Gasteiger partial charge in [0.25, 0.3) is 5.91 Å². The van der Waals surface area contributed by atoms with Gasteiger partial charge in [0.05, 0.1) is 7.11 Å². The van der Waals surface area contributed by atoms with Crippen molar-refractivity contribution in [2.24, 2.45) is 0 Å². The van der Waals surface area contributed by atoms with Crippen LogP contribution in [-0.4, -0.2) is 24.9 Å². The van der Waals surface area contributed by atoms with Crippen molar-refractivity contribution in [2.45, 2.75) is 0 Å². The van der Waals surface area contributed by atoms with Gasteiger partial charge in [0.15, 0.2) is 0 Å². The summed E-state index contributed by atoms with van der Waals surface area (Å²) in [5, 5.41) is 3.18. The molecule has 15 heavy (non-hydrogen) atoms. The SMILES string of the molecule is COc1cccc(F)c1C(=O)NCCBr. The van der Waals surface area contributed by atoms with Gasteiger partial charge in [0.1, 0.15) is 17.1 Å². The monoisotopic (exact) mass is 275 g/mol. The van der Waals surface area contributed by atoms with E-state index in [4.69, 9.17) is 4.74 Å². The van der Waals surface area contributed by atoms with Crippen molar-refractivity contribution in [1.82, 2.24) is 5.32 Å². The Hall–Kier alpha value is -1.10. The van der Waals surface area contributed by atoms with Crippen LogP contribution >= 0.6 is 15.9 Å². The largest absolute Gasteiger partial charge is 0.496 e. The lowest BCUT2D eigenvalue weighted by Gasteiger charge is -2.08. The van der Waals surface area contributed by atoms with Crippen LogP contribution in [-0.2, 0) is 0 Å². The second-order valence-corrected chi connectivity index (χ2v) is 3.55. The molecule has 0 spiro atoms. The number of halogens is 2. The number of amides is 1. The highest BCUT2D eigenvalue weighted by Crippen LogP contribution is 2.20. The molecule has 0 saturated carbocycles. The smallest absolute Gasteiger partial charge is 0.258 e. The Labute approximate surface area is 95.7 Å². The molecule has 1 rings (SSSR count). The van der Waals surface area contributed by atoms with Crippen molar-refractivity contribution in [3.8, 4) is 5.75 Å². The highest BCUT2D eigenvalue weighted by molar-refractivity contribution is 9.09. The zero-order valence-electron chi connectivity index (χ0n) is 8.22. The molecule has 0 saturated heterocycles. The van der Waals surface area contributed by atoms with Gasteiger partial charge in [-0.25, -0.2) is 4.39 Å². The van der Waals surface area contributed by atoms with E-state index < -0.39 is 11.7 Å². The molecule has 0 aromatic heterocycles. The molecular weight excluding hydrogens is 265 g/mol. The molecule has 3 nitrogen and oxygen atoms in total. The predicted octanol–water partition coefficient (Wildman–Crippen LogP) is 1.96. The first-order valence-corrected chi connectivity index (χ1v) is 5.49. The lowest BCUT2D eigenvalue weighted by atomic mass is 10.1. The molecule has 0 aliphatic heterocycles. The molecule has 1 amide bonds. The van der Waals surface area contributed by atoms with Gasteiger partial charge in [-0.1, -0.05) is 22.0 Å². The summed E-state index contributed by atoms with van der Waals surface area (Å²) in [4.78, 5) is 11.6. The average molecular weight is 276 g/mol. The van der Waals surface area contributed by atoms with E-state index in [1.165, 1.54) is 19.2 Å². The van der Waals surface area contributed by atoms with Crippen molar-refractivity contribution in [1.29, 1.82) is 0 Å². The maximum absolute atomic E-state index is 13.4. The molecular formula is C10H11BrFNO2. The molecule has 1 aromatic carbocycles. The highest BCUT2D eigenvalue weighted by Gasteiger charge is 2.16. The van der Waals surface area contributed by atoms with Crippen molar-refractivity contribution < 1.29 is 13.9 Å². The molecule has 0 bridgehead atoms. The van der Waals surface area contributed by atoms with Crippen LogP contribution in [0.4, 0.5) is 4.39 Å². The minimum absolute atomic E-state index is 0.0547. The van der Waals surface area contributed by atoms with Gasteiger partial charge in [-0.15, -0.1) is 0 Å². The van der Waals surface area contributed by atoms with Gasteiger partial charge in [0.2, 0.25) is 0 Å². The summed E-state index contributed by atoms with van der Waals surface area (Å²) in [5.41, 5.74) is -0.0547. The maximum Gasteiger partial charge on any atom is 0.258 e. The van der Waals surface area contributed by atoms with Crippen LogP contribution in [0.15, 0.2) is 18.2 Å². The van der Waals surface area contributed by atoms with Crippen LogP contribution < -0.4 is 10.1 Å². The quantitative estimate of drug-likeness (QED) is 0.854. The molecule has 0 fully saturated rings. The van der Waals surface area contributed by atoms with Crippen molar-refractivity contribution in [3.05, 3.63) is 29.6 Å². The van der Waals surface area contributed by atoms with Crippen LogP contribution in [0.3, 0.4) is 0 Å². The fourth-order valence-corrected chi connectivity index (χ4v) is 1.34. The summed E-state index contributed by atoms with van der Waals surface area (Å²) in [7, 11) is 1.40. The number of hydrogen-bond donors (Lipinski definition) is 1. The van der Waals surface area contributed by atoms with Crippen LogP contribution in [0, 0.1) is 5.82 Å². The Balaban J connectivity index is 2.95. The lowest BCUT2D eigenvalue weighted by molar-refractivity contribution is 0.0949. The Bertz CT molecular complexity index is 357. The van der Waals surface area contributed by atoms with Gasteiger partial charge in [-0.3, -0.25) is 4.79 Å². The predicted molar refractivity (Wildman–Crippen MR) is 59.1 cm³/mol. The van der Waals surface area contributed by atoms with E-state index in [2.05, 4.69) is 21.2 Å². The second-order valence-electron chi connectivity index (χ2n) is 2.76. The molecule has 1 N–H and O–H groups in total. The molecule has 0 aliphatic carbocycles. The second kappa shape index (κ2) is 5.70. The number of nitrogens with one attached hydrogen (secondary N) is 1. The normalized spacial score (nSPS) is 9.80. The van der Waals surface area contributed by atoms with Gasteiger partial charge >= 0.3 is 0 Å². The van der Waals surface area contributed by atoms with Crippen molar-refractivity contribution in [3.63, 3.8) is 0 Å². The molecule has 0 atom stereocenters. The zero-order valence-corrected chi connectivity index (χ0v) is 9.80. The number of ether oxygens (including phenoxy) is 1. The number of methoxy groups -OCH3 is 1. The van der Waals surface area contributed by atoms with E-state index in [1.807, 2.05) is 0 Å². The summed E-state index contributed by atoms with van der Waals surface area (Å²) >= 11 is 3.16. The molecule has 1 aromatic rings. The average Bonchev–Trinajstić information content (AvgIpc) is 2.25. The van der Waals surface area contributed by atoms with Crippen LogP contribution in [0.1, 0.15) is 10.4 Å². The fourth-order valence-electron chi connectivity index (χ4n) is 1.14. The highest BCUT2D eigenvalue weighted by atomic mass is 79.9. The van der Waals surface area contributed by atoms with E-state index in [1.54, 1.807) is 6.07 Å². The first-order chi connectivity index (χ1) is 7.20. The number of rotatable bonds is 4. The van der Waals surface area contributed by atoms with E-state index in [0.717, 1.165) is 0 Å². The molecule has 0 aliphatic rings. The minimum Gasteiger partial charge on any atom is -0.496 e. The maximum atomic E-state index is 13.4. The van der Waals surface area contributed by atoms with Crippen molar-refractivity contribution in [2.75, 3.05) is 19.0 Å². The first-order valence-electron chi connectivity index (χ1n) is 4.37. The standard InChI is InChI=1S/C10H11BrFNO2/c1-15-8-4-2-3-7(12)9(8)10(14)13-6-5-11/h2-4H,5-6H2,1H3,(H,13,14). The van der Waals surface area contributed by atoms with E-state index in [0.29, 0.717) is 11.9 Å². The number of carbonyl (C=O) groups is 1. The van der Waals surface area contributed by atoms with Crippen molar-refractivity contribution >= 4 is 21.8 Å². The minimum atomic E-state index is -0.582. The Morgan fingerprint density at radius 3 is 2.93 bits per heavy atom. The molecule has 0 radical (unpaired) electrons. The number of carbonyl (C=O) groups excluding carboxylic acids is 1. The number of benzene rings is 1. The Morgan fingerprint density at radius 2 is 2.33 bits per heavy atom. The number of alkyl halides is 1. The van der Waals surface area contributed by atoms with Gasteiger partial charge in [-0.2, -0.15) is 0 Å². The van der Waals surface area contributed by atoms with Gasteiger partial charge in [-0.05, 0) is 12.1 Å². The molecule has 82 valence electrons. The molecule has 0 unspecified atom stereocenters.